The third-order valence-corrected chi connectivity index (χ3v) is 5.04. The smallest absolute Gasteiger partial charge is 0.256 e. The molecule has 1 aliphatic rings. The molecule has 0 bridgehead atoms. The van der Waals surface area contributed by atoms with Crippen molar-refractivity contribution in [3.05, 3.63) is 59.4 Å². The Labute approximate surface area is 152 Å². The minimum atomic E-state index is 0.0289. The highest BCUT2D eigenvalue weighted by atomic mass is 16.2. The van der Waals surface area contributed by atoms with Gasteiger partial charge in [-0.3, -0.25) is 9.48 Å². The second kappa shape index (κ2) is 6.40. The Kier molecular flexibility index (Phi) is 4.06. The fourth-order valence-corrected chi connectivity index (χ4v) is 3.31. The number of amides is 1. The minimum Gasteiger partial charge on any atom is -0.331 e. The normalized spacial score (nSPS) is 13.8. The molecule has 1 fully saturated rings. The van der Waals surface area contributed by atoms with Crippen LogP contribution in [0.5, 0.6) is 0 Å². The van der Waals surface area contributed by atoms with Gasteiger partial charge in [0, 0.05) is 30.9 Å². The van der Waals surface area contributed by atoms with E-state index in [2.05, 4.69) is 15.2 Å². The highest BCUT2D eigenvalue weighted by Gasteiger charge is 2.35. The second-order valence-corrected chi connectivity index (χ2v) is 6.79. The Morgan fingerprint density at radius 3 is 2.65 bits per heavy atom. The van der Waals surface area contributed by atoms with Gasteiger partial charge in [-0.2, -0.15) is 10.2 Å². The Hall–Kier alpha value is -2.96. The van der Waals surface area contributed by atoms with Crippen molar-refractivity contribution in [2.45, 2.75) is 39.3 Å². The molecule has 1 aromatic carbocycles. The van der Waals surface area contributed by atoms with Crippen molar-refractivity contribution in [3.63, 3.8) is 0 Å². The van der Waals surface area contributed by atoms with Gasteiger partial charge in [0.25, 0.3) is 5.91 Å². The molecule has 1 saturated carbocycles. The molecule has 3 aromatic rings. The first-order chi connectivity index (χ1) is 12.6. The quantitative estimate of drug-likeness (QED) is 0.709. The van der Waals surface area contributed by atoms with E-state index in [9.17, 15) is 4.79 Å². The monoisotopic (exact) mass is 350 g/mol. The molecule has 7 nitrogen and oxygen atoms in total. The zero-order chi connectivity index (χ0) is 18.3. The zero-order valence-electron chi connectivity index (χ0n) is 15.3. The standard InChI is InChI=1S/C19H22N6O/c1-13-17(14(2)23(3)22-13)10-24(15-8-9-15)19(26)16-6-4-5-7-18(16)25-12-20-11-21-25/h4-7,11-12,15H,8-10H2,1-3H3. The summed E-state index contributed by atoms with van der Waals surface area (Å²) < 4.78 is 3.52. The Morgan fingerprint density at radius 2 is 2.04 bits per heavy atom. The van der Waals surface area contributed by atoms with Crippen molar-refractivity contribution >= 4 is 5.91 Å². The van der Waals surface area contributed by atoms with Gasteiger partial charge < -0.3 is 4.90 Å². The van der Waals surface area contributed by atoms with Crippen LogP contribution in [0.1, 0.15) is 40.2 Å². The van der Waals surface area contributed by atoms with Gasteiger partial charge in [-0.15, -0.1) is 0 Å². The van der Waals surface area contributed by atoms with E-state index >= 15 is 0 Å². The first-order valence-electron chi connectivity index (χ1n) is 8.80. The predicted octanol–water partition coefficient (Wildman–Crippen LogP) is 2.42. The fraction of sp³-hybridized carbons (Fsp3) is 0.368. The van der Waals surface area contributed by atoms with Crippen molar-refractivity contribution in [1.29, 1.82) is 0 Å². The SMILES string of the molecule is Cc1nn(C)c(C)c1CN(C(=O)c1ccccc1-n1cncn1)C1CC1. The van der Waals surface area contributed by atoms with Crippen LogP contribution in [0.15, 0.2) is 36.9 Å². The average Bonchev–Trinajstić information content (AvgIpc) is 3.27. The van der Waals surface area contributed by atoms with Crippen LogP contribution >= 0.6 is 0 Å². The summed E-state index contributed by atoms with van der Waals surface area (Å²) in [6.45, 7) is 4.64. The van der Waals surface area contributed by atoms with E-state index in [-0.39, 0.29) is 5.91 Å². The number of aromatic nitrogens is 5. The van der Waals surface area contributed by atoms with E-state index in [0.29, 0.717) is 18.2 Å². The summed E-state index contributed by atoms with van der Waals surface area (Å²) in [5, 5.41) is 8.68. The fourth-order valence-electron chi connectivity index (χ4n) is 3.31. The number of carbonyl (C=O) groups is 1. The number of carbonyl (C=O) groups excluding carboxylic acids is 1. The molecule has 7 heteroatoms. The molecule has 2 heterocycles. The summed E-state index contributed by atoms with van der Waals surface area (Å²) in [4.78, 5) is 19.4. The minimum absolute atomic E-state index is 0.0289. The van der Waals surface area contributed by atoms with Crippen LogP contribution in [0.4, 0.5) is 0 Å². The van der Waals surface area contributed by atoms with Crippen molar-refractivity contribution in [1.82, 2.24) is 29.4 Å². The molecule has 0 spiro atoms. The van der Waals surface area contributed by atoms with Gasteiger partial charge in [0.1, 0.15) is 12.7 Å². The number of rotatable bonds is 5. The van der Waals surface area contributed by atoms with Gasteiger partial charge in [0.2, 0.25) is 0 Å². The first-order valence-corrected chi connectivity index (χ1v) is 8.80. The topological polar surface area (TPSA) is 68.8 Å². The summed E-state index contributed by atoms with van der Waals surface area (Å²) in [5.41, 5.74) is 4.61. The number of para-hydroxylation sites is 1. The molecule has 0 aliphatic heterocycles. The maximum atomic E-state index is 13.4. The Bertz CT molecular complexity index is 939. The number of aryl methyl sites for hydroxylation is 2. The van der Waals surface area contributed by atoms with Crippen LogP contribution in [0.25, 0.3) is 5.69 Å². The van der Waals surface area contributed by atoms with Crippen LogP contribution in [-0.2, 0) is 13.6 Å². The van der Waals surface area contributed by atoms with Crippen LogP contribution in [0, 0.1) is 13.8 Å². The van der Waals surface area contributed by atoms with E-state index < -0.39 is 0 Å². The number of benzene rings is 1. The van der Waals surface area contributed by atoms with Crippen molar-refractivity contribution < 1.29 is 4.79 Å². The summed E-state index contributed by atoms with van der Waals surface area (Å²) in [6.07, 6.45) is 5.19. The molecule has 0 atom stereocenters. The van der Waals surface area contributed by atoms with E-state index in [1.165, 1.54) is 6.33 Å². The summed E-state index contributed by atoms with van der Waals surface area (Å²) in [7, 11) is 1.94. The summed E-state index contributed by atoms with van der Waals surface area (Å²) in [5.74, 6) is 0.0289. The van der Waals surface area contributed by atoms with E-state index in [4.69, 9.17) is 0 Å². The van der Waals surface area contributed by atoms with Gasteiger partial charge in [-0.05, 0) is 38.8 Å². The Morgan fingerprint density at radius 1 is 1.27 bits per heavy atom. The average molecular weight is 350 g/mol. The van der Waals surface area contributed by atoms with E-state index in [1.54, 1.807) is 11.0 Å². The maximum absolute atomic E-state index is 13.4. The highest BCUT2D eigenvalue weighted by Crippen LogP contribution is 2.32. The lowest BCUT2D eigenvalue weighted by Crippen LogP contribution is -2.33. The number of hydrogen-bond donors (Lipinski definition) is 0. The molecule has 2 aromatic heterocycles. The lowest BCUT2D eigenvalue weighted by atomic mass is 10.1. The molecule has 4 rings (SSSR count). The van der Waals surface area contributed by atoms with Gasteiger partial charge in [-0.1, -0.05) is 12.1 Å². The third kappa shape index (κ3) is 2.89. The molecule has 0 saturated heterocycles. The largest absolute Gasteiger partial charge is 0.331 e. The second-order valence-electron chi connectivity index (χ2n) is 6.79. The molecule has 1 amide bonds. The van der Waals surface area contributed by atoms with Gasteiger partial charge >= 0.3 is 0 Å². The lowest BCUT2D eigenvalue weighted by molar-refractivity contribution is 0.0729. The molecule has 134 valence electrons. The third-order valence-electron chi connectivity index (χ3n) is 5.04. The highest BCUT2D eigenvalue weighted by molar-refractivity contribution is 5.98. The number of hydrogen-bond acceptors (Lipinski definition) is 4. The predicted molar refractivity (Wildman–Crippen MR) is 96.9 cm³/mol. The first kappa shape index (κ1) is 16.5. The number of nitrogens with zero attached hydrogens (tertiary/aromatic N) is 6. The van der Waals surface area contributed by atoms with E-state index in [1.807, 2.05) is 54.7 Å². The zero-order valence-corrected chi connectivity index (χ0v) is 15.3. The molecule has 0 unspecified atom stereocenters. The van der Waals surface area contributed by atoms with Crippen molar-refractivity contribution in [2.75, 3.05) is 0 Å². The van der Waals surface area contributed by atoms with Crippen molar-refractivity contribution in [2.24, 2.45) is 7.05 Å². The van der Waals surface area contributed by atoms with Gasteiger partial charge in [0.05, 0.1) is 16.9 Å². The van der Waals surface area contributed by atoms with Crippen LogP contribution in [0.3, 0.4) is 0 Å². The summed E-state index contributed by atoms with van der Waals surface area (Å²) >= 11 is 0. The summed E-state index contributed by atoms with van der Waals surface area (Å²) in [6, 6.07) is 7.85. The molecule has 1 aliphatic carbocycles. The molecular weight excluding hydrogens is 328 g/mol. The molecule has 0 N–H and O–H groups in total. The molecule has 0 radical (unpaired) electrons. The van der Waals surface area contributed by atoms with Gasteiger partial charge in [0.15, 0.2) is 0 Å². The van der Waals surface area contributed by atoms with Crippen LogP contribution in [-0.4, -0.2) is 41.4 Å². The van der Waals surface area contributed by atoms with E-state index in [0.717, 1.165) is 35.5 Å². The lowest BCUT2D eigenvalue weighted by Gasteiger charge is -2.24. The van der Waals surface area contributed by atoms with Gasteiger partial charge in [-0.25, -0.2) is 9.67 Å². The van der Waals surface area contributed by atoms with Crippen LogP contribution < -0.4 is 0 Å². The molecular formula is C19H22N6O. The Balaban J connectivity index is 1.69. The maximum Gasteiger partial charge on any atom is 0.256 e. The molecule has 26 heavy (non-hydrogen) atoms. The van der Waals surface area contributed by atoms with Crippen molar-refractivity contribution in [3.8, 4) is 5.69 Å². The van der Waals surface area contributed by atoms with Crippen LogP contribution in [0.2, 0.25) is 0 Å².